The van der Waals surface area contributed by atoms with Crippen LogP contribution in [0.15, 0.2) is 42.5 Å². The molecule has 4 saturated heterocycles. The van der Waals surface area contributed by atoms with E-state index in [2.05, 4.69) is 16.0 Å². The molecule has 0 aromatic heterocycles. The quantitative estimate of drug-likeness (QED) is 0.358. The van der Waals surface area contributed by atoms with Crippen LogP contribution in [0.1, 0.15) is 81.5 Å². The van der Waals surface area contributed by atoms with Crippen LogP contribution >= 0.6 is 0 Å². The Hall–Kier alpha value is -5.34. The van der Waals surface area contributed by atoms with Gasteiger partial charge in [0.05, 0.1) is 6.42 Å². The second kappa shape index (κ2) is 18.1. The summed E-state index contributed by atoms with van der Waals surface area (Å²) in [4.78, 5) is 103. The standard InChI is InChI=1S/C43H55FN6O8/c1-24-10-8-11-29(18-24)21-32(46-36(51)22-30-15-14-25(2)19-31(30)44)38(52)47-37-28(5)58-43(57)35-20-26(3)23-50(35)40(54)27(4)45-39(53)33-12-6-7-16-48(33)41(55)34-13-9-17-49(34)42(37)56/h8,10-11,14-15,18-19,26-28,32-35,37H,6-7,9,12-13,16-17,20-23H2,1-5H3,(H,45,53)(H,46,51)(H,47,52)/t26-,27-,28-,32-,33-,34-,35-,37-/m0/s1. The average Bonchev–Trinajstić information content (AvgIpc) is 3.84. The highest BCUT2D eigenvalue weighted by Gasteiger charge is 2.47. The summed E-state index contributed by atoms with van der Waals surface area (Å²) in [6.07, 6.45) is 1.21. The van der Waals surface area contributed by atoms with Crippen LogP contribution in [-0.2, 0) is 51.1 Å². The Morgan fingerprint density at radius 2 is 1.55 bits per heavy atom. The predicted octanol–water partition coefficient (Wildman–Crippen LogP) is 2.26. The summed E-state index contributed by atoms with van der Waals surface area (Å²) in [5.74, 6) is -4.82. The van der Waals surface area contributed by atoms with Crippen LogP contribution < -0.4 is 16.0 Å². The molecule has 8 atom stereocenters. The monoisotopic (exact) mass is 802 g/mol. The van der Waals surface area contributed by atoms with Crippen molar-refractivity contribution < 1.29 is 42.7 Å². The lowest BCUT2D eigenvalue weighted by atomic mass is 9.99. The summed E-state index contributed by atoms with van der Waals surface area (Å²) < 4.78 is 20.7. The van der Waals surface area contributed by atoms with Gasteiger partial charge in [-0.2, -0.15) is 0 Å². The zero-order valence-corrected chi connectivity index (χ0v) is 33.9. The van der Waals surface area contributed by atoms with E-state index in [9.17, 15) is 38.0 Å². The number of ether oxygens (including phenoxy) is 1. The van der Waals surface area contributed by atoms with Crippen LogP contribution in [-0.4, -0.2) is 118 Å². The Morgan fingerprint density at radius 1 is 0.845 bits per heavy atom. The largest absolute Gasteiger partial charge is 0.458 e. The molecule has 58 heavy (non-hydrogen) atoms. The average molecular weight is 803 g/mol. The molecule has 6 amide bonds. The maximum Gasteiger partial charge on any atom is 0.329 e. The van der Waals surface area contributed by atoms with Crippen LogP contribution in [0.2, 0.25) is 0 Å². The van der Waals surface area contributed by atoms with Crippen molar-refractivity contribution in [2.24, 2.45) is 5.92 Å². The first-order chi connectivity index (χ1) is 27.6. The summed E-state index contributed by atoms with van der Waals surface area (Å²) in [7, 11) is 0. The number of benzene rings is 2. The molecule has 2 aromatic carbocycles. The highest BCUT2D eigenvalue weighted by Crippen LogP contribution is 2.29. The SMILES string of the molecule is Cc1cccc(C[C@H](NC(=O)Cc2ccc(C)cc2F)C(=O)N[C@@H]2C(=O)N3CCC[C@H]3C(=O)N3CCCC[C@H]3C(=O)N[C@@H](C)C(=O)N3C[C@@H](C)C[C@H]3C(=O)O[C@H]2C)c1. The Labute approximate surface area is 338 Å². The predicted molar refractivity (Wildman–Crippen MR) is 210 cm³/mol. The van der Waals surface area contributed by atoms with Crippen molar-refractivity contribution in [2.45, 2.75) is 128 Å². The number of cyclic esters (lactones) is 1. The van der Waals surface area contributed by atoms with E-state index < -0.39 is 89.6 Å². The van der Waals surface area contributed by atoms with Crippen molar-refractivity contribution in [1.82, 2.24) is 30.7 Å². The molecule has 2 aromatic rings. The molecular formula is C43H55FN6O8. The first-order valence-electron chi connectivity index (χ1n) is 20.4. The molecule has 4 fully saturated rings. The second-order valence-electron chi connectivity index (χ2n) is 16.5. The highest BCUT2D eigenvalue weighted by molar-refractivity contribution is 5.98. The van der Waals surface area contributed by atoms with Gasteiger partial charge >= 0.3 is 5.97 Å². The molecule has 4 aliphatic heterocycles. The Kier molecular flexibility index (Phi) is 13.2. The number of piperidine rings is 1. The second-order valence-corrected chi connectivity index (χ2v) is 16.5. The summed E-state index contributed by atoms with van der Waals surface area (Å²) >= 11 is 0. The number of hydrogen-bond donors (Lipinski definition) is 3. The number of aryl methyl sites for hydroxylation is 2. The minimum absolute atomic E-state index is 0.0170. The molecule has 0 spiro atoms. The molecule has 3 N–H and O–H groups in total. The van der Waals surface area contributed by atoms with Crippen molar-refractivity contribution in [1.29, 1.82) is 0 Å². The molecule has 0 saturated carbocycles. The molecule has 312 valence electrons. The molecule has 0 bridgehead atoms. The van der Waals surface area contributed by atoms with Crippen LogP contribution in [0.25, 0.3) is 0 Å². The number of carbonyl (C=O) groups is 7. The smallest absolute Gasteiger partial charge is 0.329 e. The van der Waals surface area contributed by atoms with Crippen LogP contribution in [0.5, 0.6) is 0 Å². The fourth-order valence-electron chi connectivity index (χ4n) is 8.72. The maximum absolute atomic E-state index is 14.8. The van der Waals surface area contributed by atoms with E-state index in [1.807, 2.05) is 32.0 Å². The number of nitrogens with zero attached hydrogens (tertiary/aromatic N) is 3. The van der Waals surface area contributed by atoms with E-state index in [0.717, 1.165) is 5.56 Å². The number of fused-ring (bicyclic) bond motifs is 3. The minimum Gasteiger partial charge on any atom is -0.458 e. The normalized spacial score (nSPS) is 27.6. The first kappa shape index (κ1) is 42.3. The Bertz CT molecular complexity index is 1940. The van der Waals surface area contributed by atoms with Crippen molar-refractivity contribution in [2.75, 3.05) is 19.6 Å². The number of esters is 1. The van der Waals surface area contributed by atoms with Crippen LogP contribution in [0.3, 0.4) is 0 Å². The number of carbonyl (C=O) groups excluding carboxylic acids is 7. The topological polar surface area (TPSA) is 175 Å². The molecule has 0 aliphatic carbocycles. The van der Waals surface area contributed by atoms with E-state index in [0.29, 0.717) is 49.8 Å². The van der Waals surface area contributed by atoms with Crippen molar-refractivity contribution in [3.05, 3.63) is 70.5 Å². The zero-order valence-electron chi connectivity index (χ0n) is 33.9. The molecule has 4 heterocycles. The molecule has 14 nitrogen and oxygen atoms in total. The van der Waals surface area contributed by atoms with E-state index in [1.165, 1.54) is 33.8 Å². The third-order valence-electron chi connectivity index (χ3n) is 11.8. The van der Waals surface area contributed by atoms with Gasteiger partial charge in [0.25, 0.3) is 0 Å². The third-order valence-corrected chi connectivity index (χ3v) is 11.8. The lowest BCUT2D eigenvalue weighted by Crippen LogP contribution is -2.63. The van der Waals surface area contributed by atoms with Gasteiger partial charge in [0.2, 0.25) is 35.4 Å². The molecule has 0 unspecified atom stereocenters. The summed E-state index contributed by atoms with van der Waals surface area (Å²) in [6.45, 7) is 9.25. The first-order valence-corrected chi connectivity index (χ1v) is 20.4. The van der Waals surface area contributed by atoms with Gasteiger partial charge in [-0.3, -0.25) is 28.8 Å². The number of nitrogens with one attached hydrogen (secondary N) is 3. The summed E-state index contributed by atoms with van der Waals surface area (Å²) in [5.41, 5.74) is 2.46. The van der Waals surface area contributed by atoms with Gasteiger partial charge < -0.3 is 35.4 Å². The van der Waals surface area contributed by atoms with Gasteiger partial charge in [0, 0.05) is 26.1 Å². The van der Waals surface area contributed by atoms with Gasteiger partial charge in [-0.25, -0.2) is 9.18 Å². The van der Waals surface area contributed by atoms with E-state index in [4.69, 9.17) is 4.74 Å². The molecular weight excluding hydrogens is 748 g/mol. The molecule has 6 rings (SSSR count). The number of amides is 6. The molecule has 4 aliphatic rings. The fourth-order valence-corrected chi connectivity index (χ4v) is 8.72. The summed E-state index contributed by atoms with van der Waals surface area (Å²) in [5, 5.41) is 8.30. The number of halogens is 1. The van der Waals surface area contributed by atoms with Crippen LogP contribution in [0, 0.1) is 25.6 Å². The number of rotatable bonds is 7. The van der Waals surface area contributed by atoms with Crippen molar-refractivity contribution >= 4 is 41.4 Å². The van der Waals surface area contributed by atoms with Gasteiger partial charge in [-0.1, -0.05) is 48.9 Å². The lowest BCUT2D eigenvalue weighted by Gasteiger charge is -2.39. The van der Waals surface area contributed by atoms with E-state index in [1.54, 1.807) is 26.0 Å². The van der Waals surface area contributed by atoms with E-state index in [-0.39, 0.29) is 43.8 Å². The highest BCUT2D eigenvalue weighted by atomic mass is 19.1. The van der Waals surface area contributed by atoms with Gasteiger partial charge in [-0.05, 0) is 94.9 Å². The zero-order chi connectivity index (χ0) is 41.8. The third kappa shape index (κ3) is 9.50. The fraction of sp³-hybridized carbons (Fsp3) is 0.558. The summed E-state index contributed by atoms with van der Waals surface area (Å²) in [6, 6.07) is 5.33. The van der Waals surface area contributed by atoms with Gasteiger partial charge in [0.1, 0.15) is 48.2 Å². The minimum atomic E-state index is -1.51. The van der Waals surface area contributed by atoms with E-state index >= 15 is 0 Å². The lowest BCUT2D eigenvalue weighted by molar-refractivity contribution is -0.163. The van der Waals surface area contributed by atoms with Crippen LogP contribution in [0.4, 0.5) is 4.39 Å². The molecule has 0 radical (unpaired) electrons. The van der Waals surface area contributed by atoms with Gasteiger partial charge in [0.15, 0.2) is 0 Å². The van der Waals surface area contributed by atoms with Gasteiger partial charge in [-0.15, -0.1) is 0 Å². The molecule has 15 heteroatoms. The number of hydrogen-bond acceptors (Lipinski definition) is 8. The van der Waals surface area contributed by atoms with Crippen molar-refractivity contribution in [3.8, 4) is 0 Å². The Balaban J connectivity index is 1.33. The van der Waals surface area contributed by atoms with Crippen molar-refractivity contribution in [3.63, 3.8) is 0 Å². The maximum atomic E-state index is 14.8. The Morgan fingerprint density at radius 3 is 2.29 bits per heavy atom.